The molecule has 0 saturated heterocycles. The molecule has 22 heavy (non-hydrogen) atoms. The highest BCUT2D eigenvalue weighted by molar-refractivity contribution is 5.63. The Bertz CT molecular complexity index is 632. The van der Waals surface area contributed by atoms with Crippen LogP contribution in [-0.4, -0.2) is 28.4 Å². The van der Waals surface area contributed by atoms with Gasteiger partial charge in [-0.05, 0) is 24.3 Å². The lowest BCUT2D eigenvalue weighted by Gasteiger charge is -2.15. The van der Waals surface area contributed by atoms with Gasteiger partial charge < -0.3 is 24.4 Å². The molecule has 2 N–H and O–H groups in total. The Labute approximate surface area is 129 Å². The molecule has 0 aliphatic carbocycles. The third-order valence-corrected chi connectivity index (χ3v) is 3.13. The quantitative estimate of drug-likeness (QED) is 0.766. The van der Waals surface area contributed by atoms with Crippen molar-refractivity contribution in [2.75, 3.05) is 39.3 Å². The molecule has 2 aromatic rings. The van der Waals surface area contributed by atoms with Gasteiger partial charge in [0.1, 0.15) is 11.5 Å². The maximum atomic E-state index is 5.33. The zero-order valence-corrected chi connectivity index (χ0v) is 13.1. The third-order valence-electron chi connectivity index (χ3n) is 3.13. The maximum Gasteiger partial charge on any atom is 0.162 e. The highest BCUT2D eigenvalue weighted by Gasteiger charge is 2.07. The summed E-state index contributed by atoms with van der Waals surface area (Å²) < 4.78 is 21.0. The molecular formula is C16H20N2O4. The summed E-state index contributed by atoms with van der Waals surface area (Å²) in [6.07, 6.45) is 0. The summed E-state index contributed by atoms with van der Waals surface area (Å²) in [5.74, 6) is 2.73. The molecule has 0 bridgehead atoms. The zero-order chi connectivity index (χ0) is 15.9. The summed E-state index contributed by atoms with van der Waals surface area (Å²) >= 11 is 0. The smallest absolute Gasteiger partial charge is 0.162 e. The van der Waals surface area contributed by atoms with Crippen molar-refractivity contribution in [2.45, 2.75) is 0 Å². The number of rotatable bonds is 7. The highest BCUT2D eigenvalue weighted by atomic mass is 16.5. The molecule has 0 aliphatic rings. The van der Waals surface area contributed by atoms with Gasteiger partial charge in [0.25, 0.3) is 0 Å². The van der Waals surface area contributed by atoms with Crippen LogP contribution in [0, 0.1) is 0 Å². The van der Waals surface area contributed by atoms with Crippen molar-refractivity contribution in [2.24, 2.45) is 0 Å². The monoisotopic (exact) mass is 304 g/mol. The van der Waals surface area contributed by atoms with Crippen LogP contribution in [0.2, 0.25) is 0 Å². The Morgan fingerprint density at radius 3 is 2.00 bits per heavy atom. The first-order valence-electron chi connectivity index (χ1n) is 6.68. The molecule has 0 heterocycles. The summed E-state index contributed by atoms with van der Waals surface area (Å²) in [6.45, 7) is 0. The van der Waals surface area contributed by atoms with E-state index < -0.39 is 0 Å². The largest absolute Gasteiger partial charge is 0.497 e. The second-order valence-corrected chi connectivity index (χ2v) is 4.39. The average molecular weight is 304 g/mol. The van der Waals surface area contributed by atoms with E-state index >= 15 is 0 Å². The minimum Gasteiger partial charge on any atom is -0.497 e. The molecule has 0 amide bonds. The third kappa shape index (κ3) is 3.46. The summed E-state index contributed by atoms with van der Waals surface area (Å²) in [5, 5.41) is 0. The van der Waals surface area contributed by atoms with E-state index in [0.29, 0.717) is 17.2 Å². The van der Waals surface area contributed by atoms with Gasteiger partial charge in [0, 0.05) is 12.1 Å². The molecule has 0 aromatic heterocycles. The Kier molecular flexibility index (Phi) is 5.19. The molecule has 2 rings (SSSR count). The van der Waals surface area contributed by atoms with Gasteiger partial charge in [-0.15, -0.1) is 0 Å². The Balaban J connectivity index is 2.13. The van der Waals surface area contributed by atoms with Crippen molar-refractivity contribution < 1.29 is 18.9 Å². The molecule has 2 aromatic carbocycles. The van der Waals surface area contributed by atoms with E-state index in [-0.39, 0.29) is 0 Å². The number of hydrazine groups is 1. The minimum atomic E-state index is 0.649. The fourth-order valence-corrected chi connectivity index (χ4v) is 1.96. The van der Waals surface area contributed by atoms with Gasteiger partial charge in [-0.1, -0.05) is 0 Å². The predicted molar refractivity (Wildman–Crippen MR) is 86.3 cm³/mol. The fraction of sp³-hybridized carbons (Fsp3) is 0.250. The van der Waals surface area contributed by atoms with Gasteiger partial charge in [0.15, 0.2) is 11.5 Å². The fourth-order valence-electron chi connectivity index (χ4n) is 1.96. The number of hydrogen-bond acceptors (Lipinski definition) is 6. The van der Waals surface area contributed by atoms with Crippen LogP contribution in [0.4, 0.5) is 11.4 Å². The van der Waals surface area contributed by atoms with Gasteiger partial charge in [0.05, 0.1) is 39.8 Å². The molecule has 0 radical (unpaired) electrons. The first kappa shape index (κ1) is 15.6. The SMILES string of the molecule is COc1ccc(NNc2ccc(OC)c(OC)c2)c(OC)c1. The summed E-state index contributed by atoms with van der Waals surface area (Å²) in [6, 6.07) is 11.1. The minimum absolute atomic E-state index is 0.649. The molecule has 0 spiro atoms. The van der Waals surface area contributed by atoms with Crippen molar-refractivity contribution in [1.82, 2.24) is 0 Å². The second-order valence-electron chi connectivity index (χ2n) is 4.39. The average Bonchev–Trinajstić information content (AvgIpc) is 2.59. The van der Waals surface area contributed by atoms with Gasteiger partial charge in [-0.2, -0.15) is 0 Å². The van der Waals surface area contributed by atoms with Crippen LogP contribution in [0.1, 0.15) is 0 Å². The van der Waals surface area contributed by atoms with E-state index in [0.717, 1.165) is 17.1 Å². The van der Waals surface area contributed by atoms with E-state index in [9.17, 15) is 0 Å². The van der Waals surface area contributed by atoms with Gasteiger partial charge in [-0.3, -0.25) is 5.43 Å². The van der Waals surface area contributed by atoms with Crippen LogP contribution in [0.25, 0.3) is 0 Å². The topological polar surface area (TPSA) is 61.0 Å². The predicted octanol–water partition coefficient (Wildman–Crippen LogP) is 3.16. The maximum absolute atomic E-state index is 5.33. The second kappa shape index (κ2) is 7.31. The Morgan fingerprint density at radius 1 is 0.636 bits per heavy atom. The van der Waals surface area contributed by atoms with E-state index in [1.807, 2.05) is 30.3 Å². The normalized spacial score (nSPS) is 9.82. The number of hydrogen-bond donors (Lipinski definition) is 2. The van der Waals surface area contributed by atoms with Crippen molar-refractivity contribution >= 4 is 11.4 Å². The van der Waals surface area contributed by atoms with E-state index in [1.165, 1.54) is 0 Å². The molecule has 0 aliphatic heterocycles. The van der Waals surface area contributed by atoms with Crippen LogP contribution in [-0.2, 0) is 0 Å². The zero-order valence-electron chi connectivity index (χ0n) is 13.1. The molecule has 118 valence electrons. The molecule has 0 atom stereocenters. The Morgan fingerprint density at radius 2 is 1.36 bits per heavy atom. The van der Waals surface area contributed by atoms with Crippen molar-refractivity contribution in [1.29, 1.82) is 0 Å². The number of nitrogens with one attached hydrogen (secondary N) is 2. The first-order chi connectivity index (χ1) is 10.7. The van der Waals surface area contributed by atoms with Crippen LogP contribution >= 0.6 is 0 Å². The number of methoxy groups -OCH3 is 4. The van der Waals surface area contributed by atoms with Gasteiger partial charge in [0.2, 0.25) is 0 Å². The van der Waals surface area contributed by atoms with E-state index in [1.54, 1.807) is 34.5 Å². The van der Waals surface area contributed by atoms with Crippen LogP contribution in [0.15, 0.2) is 36.4 Å². The standard InChI is InChI=1S/C16H20N2O4/c1-19-12-6-7-13(15(10-12)21-3)18-17-11-5-8-14(20-2)16(9-11)22-4/h5-10,17-18H,1-4H3. The van der Waals surface area contributed by atoms with Gasteiger partial charge >= 0.3 is 0 Å². The molecule has 0 unspecified atom stereocenters. The lowest BCUT2D eigenvalue weighted by molar-refractivity contribution is 0.355. The van der Waals surface area contributed by atoms with Crippen molar-refractivity contribution in [3.63, 3.8) is 0 Å². The van der Waals surface area contributed by atoms with E-state index in [4.69, 9.17) is 18.9 Å². The van der Waals surface area contributed by atoms with Crippen LogP contribution < -0.4 is 29.8 Å². The lowest BCUT2D eigenvalue weighted by Crippen LogP contribution is -2.10. The lowest BCUT2D eigenvalue weighted by atomic mass is 10.2. The first-order valence-corrected chi connectivity index (χ1v) is 6.68. The molecule has 6 nitrogen and oxygen atoms in total. The van der Waals surface area contributed by atoms with Crippen molar-refractivity contribution in [3.05, 3.63) is 36.4 Å². The Hall–Kier alpha value is -2.76. The molecular weight excluding hydrogens is 284 g/mol. The summed E-state index contributed by atoms with van der Waals surface area (Å²) in [4.78, 5) is 0. The molecule has 0 fully saturated rings. The number of anilines is 2. The summed E-state index contributed by atoms with van der Waals surface area (Å²) in [7, 11) is 6.42. The van der Waals surface area contributed by atoms with E-state index in [2.05, 4.69) is 10.9 Å². The molecule has 0 saturated carbocycles. The van der Waals surface area contributed by atoms with Crippen LogP contribution in [0.5, 0.6) is 23.0 Å². The van der Waals surface area contributed by atoms with Crippen molar-refractivity contribution in [3.8, 4) is 23.0 Å². The highest BCUT2D eigenvalue weighted by Crippen LogP contribution is 2.31. The van der Waals surface area contributed by atoms with Gasteiger partial charge in [-0.25, -0.2) is 0 Å². The molecule has 6 heteroatoms. The number of benzene rings is 2. The number of ether oxygens (including phenoxy) is 4. The summed E-state index contributed by atoms with van der Waals surface area (Å²) in [5.41, 5.74) is 7.81. The van der Waals surface area contributed by atoms with Crippen LogP contribution in [0.3, 0.4) is 0 Å².